The zero-order valence-corrected chi connectivity index (χ0v) is 12.4. The Hall–Kier alpha value is -2.13. The van der Waals surface area contributed by atoms with Crippen molar-refractivity contribution in [2.45, 2.75) is 32.9 Å². The Morgan fingerprint density at radius 1 is 1.10 bits per heavy atom. The van der Waals surface area contributed by atoms with E-state index in [0.29, 0.717) is 0 Å². The van der Waals surface area contributed by atoms with Gasteiger partial charge in [-0.05, 0) is 48.6 Å². The summed E-state index contributed by atoms with van der Waals surface area (Å²) in [7, 11) is 0. The van der Waals surface area contributed by atoms with Gasteiger partial charge in [-0.2, -0.15) is 0 Å². The zero-order chi connectivity index (χ0) is 14.8. The summed E-state index contributed by atoms with van der Waals surface area (Å²) in [4.78, 5) is 12.5. The molecule has 0 radical (unpaired) electrons. The maximum Gasteiger partial charge on any atom is 0.241 e. The normalized spacial score (nSPS) is 17.1. The number of aryl methyl sites for hydroxylation is 1. The maximum atomic E-state index is 12.5. The Kier molecular flexibility index (Phi) is 3.76. The summed E-state index contributed by atoms with van der Waals surface area (Å²) >= 11 is 0. The maximum absolute atomic E-state index is 12.5. The molecule has 0 saturated heterocycles. The van der Waals surface area contributed by atoms with Crippen LogP contribution in [0.4, 0.5) is 5.69 Å². The molecule has 0 spiro atoms. The number of anilines is 1. The molecule has 0 bridgehead atoms. The molecule has 2 aromatic carbocycles. The van der Waals surface area contributed by atoms with Gasteiger partial charge >= 0.3 is 0 Å². The Balaban J connectivity index is 1.74. The van der Waals surface area contributed by atoms with Crippen molar-refractivity contribution in [3.8, 4) is 0 Å². The molecule has 0 aromatic heterocycles. The molecule has 0 fully saturated rings. The number of hydrogen-bond acceptors (Lipinski definition) is 2. The number of rotatable bonds is 2. The summed E-state index contributed by atoms with van der Waals surface area (Å²) in [5.74, 6) is 0.0400. The molecule has 1 atom stereocenters. The predicted molar refractivity (Wildman–Crippen MR) is 85.3 cm³/mol. The topological polar surface area (TPSA) is 41.1 Å². The van der Waals surface area contributed by atoms with Crippen LogP contribution in [0.2, 0.25) is 0 Å². The molecule has 2 N–H and O–H groups in total. The average Bonchev–Trinajstić information content (AvgIpc) is 2.51. The third-order valence-electron chi connectivity index (χ3n) is 4.26. The molecular formula is C18H20N2O. The molecule has 1 heterocycles. The van der Waals surface area contributed by atoms with Crippen LogP contribution >= 0.6 is 0 Å². The molecule has 0 saturated carbocycles. The van der Waals surface area contributed by atoms with Gasteiger partial charge in [0.15, 0.2) is 0 Å². The van der Waals surface area contributed by atoms with E-state index in [0.717, 1.165) is 24.2 Å². The molecule has 2 aromatic rings. The van der Waals surface area contributed by atoms with Gasteiger partial charge in [0, 0.05) is 12.2 Å². The lowest BCUT2D eigenvalue weighted by atomic mass is 9.95. The smallest absolute Gasteiger partial charge is 0.241 e. The van der Waals surface area contributed by atoms with Crippen molar-refractivity contribution < 1.29 is 4.79 Å². The van der Waals surface area contributed by atoms with Crippen LogP contribution < -0.4 is 10.6 Å². The van der Waals surface area contributed by atoms with Crippen molar-refractivity contribution in [2.75, 3.05) is 5.32 Å². The summed E-state index contributed by atoms with van der Waals surface area (Å²) in [6.07, 6.45) is 0.743. The molecular weight excluding hydrogens is 260 g/mol. The van der Waals surface area contributed by atoms with E-state index < -0.39 is 0 Å². The molecule has 0 unspecified atom stereocenters. The molecule has 21 heavy (non-hydrogen) atoms. The van der Waals surface area contributed by atoms with Crippen molar-refractivity contribution >= 4 is 11.6 Å². The van der Waals surface area contributed by atoms with Gasteiger partial charge in [-0.25, -0.2) is 0 Å². The van der Waals surface area contributed by atoms with E-state index >= 15 is 0 Å². The highest BCUT2D eigenvalue weighted by atomic mass is 16.2. The molecule has 1 aliphatic heterocycles. The molecule has 3 heteroatoms. The van der Waals surface area contributed by atoms with Gasteiger partial charge in [0.1, 0.15) is 0 Å². The van der Waals surface area contributed by atoms with Crippen LogP contribution in [0.15, 0.2) is 42.5 Å². The lowest BCUT2D eigenvalue weighted by Crippen LogP contribution is -2.44. The van der Waals surface area contributed by atoms with Crippen LogP contribution in [0.3, 0.4) is 0 Å². The zero-order valence-electron chi connectivity index (χ0n) is 12.4. The van der Waals surface area contributed by atoms with Crippen LogP contribution in [0.1, 0.15) is 22.3 Å². The minimum Gasteiger partial charge on any atom is -0.324 e. The highest BCUT2D eigenvalue weighted by molar-refractivity contribution is 5.96. The minimum atomic E-state index is -0.167. The number of nitrogens with one attached hydrogen (secondary N) is 2. The molecule has 1 aliphatic rings. The second kappa shape index (κ2) is 5.70. The first kappa shape index (κ1) is 13.8. The number of carbonyl (C=O) groups excluding carboxylic acids is 1. The number of carbonyl (C=O) groups is 1. The minimum absolute atomic E-state index is 0.0400. The van der Waals surface area contributed by atoms with Crippen molar-refractivity contribution in [1.29, 1.82) is 0 Å². The third-order valence-corrected chi connectivity index (χ3v) is 4.26. The van der Waals surface area contributed by atoms with Gasteiger partial charge in [0.2, 0.25) is 5.91 Å². The first-order chi connectivity index (χ1) is 10.1. The van der Waals surface area contributed by atoms with Crippen molar-refractivity contribution in [2.24, 2.45) is 0 Å². The van der Waals surface area contributed by atoms with E-state index in [4.69, 9.17) is 0 Å². The summed E-state index contributed by atoms with van der Waals surface area (Å²) in [6.45, 7) is 4.84. The fraction of sp³-hybridized carbons (Fsp3) is 0.278. The van der Waals surface area contributed by atoms with Crippen LogP contribution in [-0.2, 0) is 17.8 Å². The lowest BCUT2D eigenvalue weighted by molar-refractivity contribution is -0.118. The van der Waals surface area contributed by atoms with E-state index in [9.17, 15) is 4.79 Å². The van der Waals surface area contributed by atoms with E-state index in [-0.39, 0.29) is 11.9 Å². The number of fused-ring (bicyclic) bond motifs is 1. The summed E-state index contributed by atoms with van der Waals surface area (Å²) in [5.41, 5.74) is 5.77. The van der Waals surface area contributed by atoms with Gasteiger partial charge in [-0.15, -0.1) is 0 Å². The van der Waals surface area contributed by atoms with Crippen LogP contribution in [-0.4, -0.2) is 11.9 Å². The molecule has 1 amide bonds. The quantitative estimate of drug-likeness (QED) is 0.888. The van der Waals surface area contributed by atoms with Crippen molar-refractivity contribution in [1.82, 2.24) is 5.32 Å². The first-order valence-corrected chi connectivity index (χ1v) is 7.32. The standard InChI is InChI=1S/C18H20N2O/c1-12-6-5-9-16(13(12)2)20-18(21)17-10-14-7-3-4-8-15(14)11-19-17/h3-9,17,19H,10-11H2,1-2H3,(H,20,21)/t17-/m1/s1. The molecule has 3 nitrogen and oxygen atoms in total. The summed E-state index contributed by atoms with van der Waals surface area (Å²) in [5, 5.41) is 6.37. The van der Waals surface area contributed by atoms with E-state index in [1.54, 1.807) is 0 Å². The Bertz CT molecular complexity index is 679. The summed E-state index contributed by atoms with van der Waals surface area (Å²) < 4.78 is 0. The Morgan fingerprint density at radius 3 is 2.67 bits per heavy atom. The molecule has 3 rings (SSSR count). The fourth-order valence-corrected chi connectivity index (χ4v) is 2.75. The molecule has 0 aliphatic carbocycles. The lowest BCUT2D eigenvalue weighted by Gasteiger charge is -2.25. The predicted octanol–water partition coefficient (Wildman–Crippen LogP) is 2.96. The Morgan fingerprint density at radius 2 is 1.86 bits per heavy atom. The van der Waals surface area contributed by atoms with Crippen molar-refractivity contribution in [3.05, 3.63) is 64.7 Å². The molecule has 108 valence electrons. The van der Waals surface area contributed by atoms with E-state index in [1.165, 1.54) is 16.7 Å². The van der Waals surface area contributed by atoms with E-state index in [1.807, 2.05) is 31.2 Å². The van der Waals surface area contributed by atoms with Gasteiger partial charge in [0.25, 0.3) is 0 Å². The van der Waals surface area contributed by atoms with Gasteiger partial charge < -0.3 is 10.6 Å². The number of benzene rings is 2. The highest BCUT2D eigenvalue weighted by Gasteiger charge is 2.24. The van der Waals surface area contributed by atoms with Crippen LogP contribution in [0.5, 0.6) is 0 Å². The monoisotopic (exact) mass is 280 g/mol. The van der Waals surface area contributed by atoms with Crippen molar-refractivity contribution in [3.63, 3.8) is 0 Å². The number of hydrogen-bond donors (Lipinski definition) is 2. The van der Waals surface area contributed by atoms with Gasteiger partial charge in [-0.3, -0.25) is 4.79 Å². The van der Waals surface area contributed by atoms with Gasteiger partial charge in [0.05, 0.1) is 6.04 Å². The SMILES string of the molecule is Cc1cccc(NC(=O)[C@H]2Cc3ccccc3CN2)c1C. The highest BCUT2D eigenvalue weighted by Crippen LogP contribution is 2.20. The average molecular weight is 280 g/mol. The third kappa shape index (κ3) is 2.83. The van der Waals surface area contributed by atoms with E-state index in [2.05, 4.69) is 35.8 Å². The first-order valence-electron chi connectivity index (χ1n) is 7.32. The van der Waals surface area contributed by atoms with Crippen LogP contribution in [0, 0.1) is 13.8 Å². The second-order valence-corrected chi connectivity index (χ2v) is 5.64. The Labute approximate surface area is 125 Å². The van der Waals surface area contributed by atoms with Gasteiger partial charge in [-0.1, -0.05) is 36.4 Å². The fourth-order valence-electron chi connectivity index (χ4n) is 2.75. The number of amides is 1. The van der Waals surface area contributed by atoms with Crippen LogP contribution in [0.25, 0.3) is 0 Å². The largest absolute Gasteiger partial charge is 0.324 e. The summed E-state index contributed by atoms with van der Waals surface area (Å²) in [6, 6.07) is 14.1. The second-order valence-electron chi connectivity index (χ2n) is 5.64.